The normalized spacial score (nSPS) is 20.5. The fraction of sp³-hybridized carbons (Fsp3) is 0.615. The molecule has 2 heterocycles. The Hall–Kier alpha value is -1.03. The first-order chi connectivity index (χ1) is 8.15. The number of nitrogens with two attached hydrogens (primary N) is 1. The molecule has 17 heavy (non-hydrogen) atoms. The largest absolute Gasteiger partial charge is 0.370 e. The highest BCUT2D eigenvalue weighted by molar-refractivity contribution is 7.12. The van der Waals surface area contributed by atoms with Crippen molar-refractivity contribution in [1.29, 1.82) is 0 Å². The minimum absolute atomic E-state index is 0.521. The van der Waals surface area contributed by atoms with Crippen LogP contribution in [0.5, 0.6) is 0 Å². The topological polar surface area (TPSA) is 41.6 Å². The van der Waals surface area contributed by atoms with E-state index < -0.39 is 0 Å². The fourth-order valence-electron chi connectivity index (χ4n) is 2.27. The molecule has 1 aromatic rings. The van der Waals surface area contributed by atoms with Gasteiger partial charge in [0, 0.05) is 29.3 Å². The van der Waals surface area contributed by atoms with Crippen LogP contribution in [0.4, 0.5) is 0 Å². The van der Waals surface area contributed by atoms with Crippen LogP contribution >= 0.6 is 11.3 Å². The third kappa shape index (κ3) is 2.46. The summed E-state index contributed by atoms with van der Waals surface area (Å²) >= 11 is 1.96. The van der Waals surface area contributed by atoms with E-state index in [1.165, 1.54) is 15.3 Å². The van der Waals surface area contributed by atoms with Crippen LogP contribution in [-0.4, -0.2) is 31.0 Å². The predicted molar refractivity (Wildman–Crippen MR) is 74.9 cm³/mol. The summed E-state index contributed by atoms with van der Waals surface area (Å²) in [6, 6.07) is 2.36. The Morgan fingerprint density at radius 1 is 1.47 bits per heavy atom. The Bertz CT molecular complexity index is 422. The Balaban J connectivity index is 2.25. The second kappa shape index (κ2) is 5.08. The van der Waals surface area contributed by atoms with E-state index in [4.69, 9.17) is 5.73 Å². The molecule has 0 aliphatic carbocycles. The number of hydrogen-bond donors (Lipinski definition) is 1. The number of hydrogen-bond acceptors (Lipinski definition) is 4. The van der Waals surface area contributed by atoms with Crippen molar-refractivity contribution in [2.45, 2.75) is 32.6 Å². The molecular weight excluding hydrogens is 230 g/mol. The summed E-state index contributed by atoms with van der Waals surface area (Å²) < 4.78 is 0. The van der Waals surface area contributed by atoms with E-state index in [9.17, 15) is 0 Å². The first-order valence-corrected chi connectivity index (χ1v) is 7.09. The molecule has 2 N–H and O–H groups in total. The molecule has 0 saturated carbocycles. The molecule has 0 aromatic carbocycles. The predicted octanol–water partition coefficient (Wildman–Crippen LogP) is 2.22. The molecule has 0 fully saturated rings. The third-order valence-electron chi connectivity index (χ3n) is 3.35. The standard InChI is InChI=1S/C13H21N3S/c1-4-9-6-11(5-2)17-12(9)10-7-15-13(14)16(3)8-10/h6,10H,4-5,7-8H2,1-3H3,(H2,14,15). The lowest BCUT2D eigenvalue weighted by molar-refractivity contribution is 0.424. The highest BCUT2D eigenvalue weighted by Crippen LogP contribution is 2.32. The van der Waals surface area contributed by atoms with E-state index >= 15 is 0 Å². The summed E-state index contributed by atoms with van der Waals surface area (Å²) in [6.45, 7) is 6.28. The summed E-state index contributed by atoms with van der Waals surface area (Å²) in [7, 11) is 2.02. The van der Waals surface area contributed by atoms with Crippen molar-refractivity contribution in [2.75, 3.05) is 20.1 Å². The van der Waals surface area contributed by atoms with Gasteiger partial charge in [0.05, 0.1) is 6.54 Å². The molecule has 0 radical (unpaired) electrons. The maximum absolute atomic E-state index is 5.80. The third-order valence-corrected chi connectivity index (χ3v) is 4.84. The molecule has 1 aliphatic heterocycles. The average Bonchev–Trinajstić information content (AvgIpc) is 2.76. The first kappa shape index (κ1) is 12.4. The quantitative estimate of drug-likeness (QED) is 0.895. The smallest absolute Gasteiger partial charge is 0.191 e. The van der Waals surface area contributed by atoms with Crippen LogP contribution in [0.2, 0.25) is 0 Å². The lowest BCUT2D eigenvalue weighted by Gasteiger charge is -2.28. The number of thiophene rings is 1. The number of aliphatic imine (C=N–C) groups is 1. The van der Waals surface area contributed by atoms with Crippen molar-refractivity contribution >= 4 is 17.3 Å². The van der Waals surface area contributed by atoms with Crippen molar-refractivity contribution in [2.24, 2.45) is 10.7 Å². The van der Waals surface area contributed by atoms with Gasteiger partial charge in [-0.2, -0.15) is 0 Å². The Kier molecular flexibility index (Phi) is 3.72. The molecule has 94 valence electrons. The van der Waals surface area contributed by atoms with Crippen molar-refractivity contribution in [3.05, 3.63) is 21.4 Å². The van der Waals surface area contributed by atoms with Crippen LogP contribution in [0.3, 0.4) is 0 Å². The van der Waals surface area contributed by atoms with Crippen molar-refractivity contribution in [1.82, 2.24) is 4.90 Å². The van der Waals surface area contributed by atoms with E-state index in [1.54, 1.807) is 0 Å². The van der Waals surface area contributed by atoms with Gasteiger partial charge in [-0.3, -0.25) is 4.99 Å². The molecule has 1 aromatic heterocycles. The summed E-state index contributed by atoms with van der Waals surface area (Å²) in [5.41, 5.74) is 7.30. The molecular formula is C13H21N3S. The van der Waals surface area contributed by atoms with Crippen LogP contribution in [0.1, 0.15) is 35.1 Å². The lowest BCUT2D eigenvalue weighted by Crippen LogP contribution is -2.41. The van der Waals surface area contributed by atoms with Crippen LogP contribution in [-0.2, 0) is 12.8 Å². The Morgan fingerprint density at radius 3 is 2.82 bits per heavy atom. The van der Waals surface area contributed by atoms with E-state index in [0.29, 0.717) is 11.9 Å². The number of aryl methyl sites for hydroxylation is 2. The van der Waals surface area contributed by atoms with Gasteiger partial charge in [-0.25, -0.2) is 0 Å². The van der Waals surface area contributed by atoms with Gasteiger partial charge < -0.3 is 10.6 Å². The summed E-state index contributed by atoms with van der Waals surface area (Å²) in [5, 5.41) is 0. The summed E-state index contributed by atoms with van der Waals surface area (Å²) in [6.07, 6.45) is 2.25. The molecule has 1 atom stereocenters. The number of nitrogens with zero attached hydrogens (tertiary/aromatic N) is 2. The van der Waals surface area contributed by atoms with Gasteiger partial charge in [0.2, 0.25) is 0 Å². The van der Waals surface area contributed by atoms with Crippen LogP contribution in [0.15, 0.2) is 11.1 Å². The summed E-state index contributed by atoms with van der Waals surface area (Å²) in [4.78, 5) is 9.47. The Morgan fingerprint density at radius 2 is 2.24 bits per heavy atom. The zero-order valence-electron chi connectivity index (χ0n) is 10.9. The molecule has 4 heteroatoms. The molecule has 1 aliphatic rings. The van der Waals surface area contributed by atoms with Gasteiger partial charge in [0.15, 0.2) is 5.96 Å². The molecule has 0 bridgehead atoms. The monoisotopic (exact) mass is 251 g/mol. The van der Waals surface area contributed by atoms with Gasteiger partial charge in [-0.1, -0.05) is 13.8 Å². The van der Waals surface area contributed by atoms with Gasteiger partial charge in [-0.05, 0) is 24.5 Å². The second-order valence-corrected chi connectivity index (χ2v) is 5.75. The average molecular weight is 251 g/mol. The molecule has 0 spiro atoms. The lowest BCUT2D eigenvalue weighted by atomic mass is 10.0. The maximum atomic E-state index is 5.80. The van der Waals surface area contributed by atoms with Crippen molar-refractivity contribution in [3.8, 4) is 0 Å². The van der Waals surface area contributed by atoms with Gasteiger partial charge in [0.25, 0.3) is 0 Å². The summed E-state index contributed by atoms with van der Waals surface area (Å²) in [5.74, 6) is 1.19. The molecule has 0 amide bonds. The van der Waals surface area contributed by atoms with Crippen LogP contribution < -0.4 is 5.73 Å². The van der Waals surface area contributed by atoms with Gasteiger partial charge >= 0.3 is 0 Å². The maximum Gasteiger partial charge on any atom is 0.191 e. The zero-order valence-corrected chi connectivity index (χ0v) is 11.7. The van der Waals surface area contributed by atoms with Crippen molar-refractivity contribution < 1.29 is 0 Å². The van der Waals surface area contributed by atoms with Crippen LogP contribution in [0.25, 0.3) is 0 Å². The highest BCUT2D eigenvalue weighted by Gasteiger charge is 2.23. The highest BCUT2D eigenvalue weighted by atomic mass is 32.1. The molecule has 0 saturated heterocycles. The van der Waals surface area contributed by atoms with E-state index in [2.05, 4.69) is 29.8 Å². The van der Waals surface area contributed by atoms with Crippen molar-refractivity contribution in [3.63, 3.8) is 0 Å². The van der Waals surface area contributed by atoms with E-state index in [-0.39, 0.29) is 0 Å². The minimum atomic E-state index is 0.521. The zero-order chi connectivity index (χ0) is 12.4. The molecule has 1 unspecified atom stereocenters. The molecule has 3 nitrogen and oxygen atoms in total. The minimum Gasteiger partial charge on any atom is -0.370 e. The van der Waals surface area contributed by atoms with Gasteiger partial charge in [0.1, 0.15) is 0 Å². The van der Waals surface area contributed by atoms with E-state index in [0.717, 1.165) is 25.9 Å². The number of rotatable bonds is 3. The Labute approximate surface area is 107 Å². The van der Waals surface area contributed by atoms with Gasteiger partial charge in [-0.15, -0.1) is 11.3 Å². The number of likely N-dealkylation sites (N-methyl/N-ethyl adjacent to an activating group) is 1. The fourth-order valence-corrected chi connectivity index (χ4v) is 3.55. The van der Waals surface area contributed by atoms with Crippen LogP contribution in [0, 0.1) is 0 Å². The SMILES string of the molecule is CCc1cc(CC)c(C2CN=C(N)N(C)C2)s1. The molecule has 2 rings (SSSR count). The number of guanidine groups is 1. The first-order valence-electron chi connectivity index (χ1n) is 6.28. The second-order valence-electron chi connectivity index (χ2n) is 4.59. The van der Waals surface area contributed by atoms with E-state index in [1.807, 2.05) is 18.4 Å².